The molecule has 0 aliphatic rings. The van der Waals surface area contributed by atoms with Crippen molar-refractivity contribution in [3.63, 3.8) is 0 Å². The molecule has 4 heterocycles. The average molecular weight is 486 g/mol. The van der Waals surface area contributed by atoms with Crippen LogP contribution in [0.25, 0.3) is 21.9 Å². The highest BCUT2D eigenvalue weighted by Gasteiger charge is 2.17. The van der Waals surface area contributed by atoms with Crippen molar-refractivity contribution in [2.75, 3.05) is 0 Å². The number of aromatic nitrogens is 7. The molecule has 0 spiro atoms. The van der Waals surface area contributed by atoms with Crippen molar-refractivity contribution in [1.29, 1.82) is 0 Å². The highest BCUT2D eigenvalue weighted by Crippen LogP contribution is 2.14. The zero-order valence-electron chi connectivity index (χ0n) is 19.6. The van der Waals surface area contributed by atoms with E-state index in [0.29, 0.717) is 16.5 Å². The number of nitrogens with zero attached hydrogens (tertiary/aromatic N) is 7. The first-order valence-electron chi connectivity index (χ1n) is 11.1. The minimum atomic E-state index is -0.534. The van der Waals surface area contributed by atoms with Gasteiger partial charge in [0.15, 0.2) is 11.2 Å². The summed E-state index contributed by atoms with van der Waals surface area (Å²) in [7, 11) is 2.89. The summed E-state index contributed by atoms with van der Waals surface area (Å²) in [4.78, 5) is 58.8. The number of hydrogen-bond donors (Lipinski definition) is 1. The van der Waals surface area contributed by atoms with E-state index in [1.807, 2.05) is 6.07 Å². The van der Waals surface area contributed by atoms with Crippen LogP contribution in [0.5, 0.6) is 0 Å². The monoisotopic (exact) mass is 486 g/mol. The van der Waals surface area contributed by atoms with Crippen LogP contribution in [0.2, 0.25) is 0 Å². The molecule has 0 unspecified atom stereocenters. The van der Waals surface area contributed by atoms with Crippen molar-refractivity contribution in [3.8, 4) is 0 Å². The highest BCUT2D eigenvalue weighted by atomic mass is 16.2. The largest absolute Gasteiger partial charge is 0.349 e. The Morgan fingerprint density at radius 1 is 0.972 bits per heavy atom. The Hall–Kier alpha value is -4.87. The molecule has 182 valence electrons. The highest BCUT2D eigenvalue weighted by molar-refractivity contribution is 5.84. The SMILES string of the molecule is Cn1c(=O)c2c(ncn2CC(=O)NCc2nn(Cc3cccnc3)c(=O)c3ccccc23)n(C)c1=O. The fraction of sp³-hybridized carbons (Fsp3) is 0.208. The predicted octanol–water partition coefficient (Wildman–Crippen LogP) is -0.0967. The summed E-state index contributed by atoms with van der Waals surface area (Å²) in [5.74, 6) is -0.388. The fourth-order valence-electron chi connectivity index (χ4n) is 4.12. The third-order valence-electron chi connectivity index (χ3n) is 5.98. The van der Waals surface area contributed by atoms with Crippen molar-refractivity contribution in [2.45, 2.75) is 19.6 Å². The molecule has 0 fully saturated rings. The lowest BCUT2D eigenvalue weighted by Crippen LogP contribution is -2.38. The smallest absolute Gasteiger partial charge is 0.332 e. The van der Waals surface area contributed by atoms with E-state index in [1.54, 1.807) is 42.7 Å². The zero-order valence-corrected chi connectivity index (χ0v) is 19.6. The first kappa shape index (κ1) is 22.9. The molecule has 4 aromatic heterocycles. The summed E-state index contributed by atoms with van der Waals surface area (Å²) < 4.78 is 4.99. The summed E-state index contributed by atoms with van der Waals surface area (Å²) in [5, 5.41) is 8.45. The van der Waals surface area contributed by atoms with Gasteiger partial charge < -0.3 is 9.88 Å². The van der Waals surface area contributed by atoms with Crippen LogP contribution in [0.15, 0.2) is 69.5 Å². The maximum Gasteiger partial charge on any atom is 0.332 e. The number of pyridine rings is 1. The van der Waals surface area contributed by atoms with Crippen LogP contribution in [0, 0.1) is 0 Å². The van der Waals surface area contributed by atoms with Crippen molar-refractivity contribution in [3.05, 3.63) is 97.6 Å². The second-order valence-corrected chi connectivity index (χ2v) is 8.34. The molecule has 0 saturated carbocycles. The van der Waals surface area contributed by atoms with Gasteiger partial charge >= 0.3 is 5.69 Å². The normalized spacial score (nSPS) is 11.3. The zero-order chi connectivity index (χ0) is 25.4. The van der Waals surface area contributed by atoms with Crippen LogP contribution >= 0.6 is 0 Å². The van der Waals surface area contributed by atoms with E-state index >= 15 is 0 Å². The van der Waals surface area contributed by atoms with E-state index in [-0.39, 0.29) is 42.3 Å². The van der Waals surface area contributed by atoms with E-state index in [1.165, 1.54) is 34.2 Å². The third-order valence-corrected chi connectivity index (χ3v) is 5.98. The number of imidazole rings is 1. The molecule has 36 heavy (non-hydrogen) atoms. The lowest BCUT2D eigenvalue weighted by Gasteiger charge is -2.12. The molecule has 1 amide bonds. The van der Waals surface area contributed by atoms with Crippen molar-refractivity contribution in [1.82, 2.24) is 38.8 Å². The van der Waals surface area contributed by atoms with Gasteiger partial charge in [0.25, 0.3) is 11.1 Å². The molecule has 0 bridgehead atoms. The number of hydrogen-bond acceptors (Lipinski definition) is 7. The summed E-state index contributed by atoms with van der Waals surface area (Å²) >= 11 is 0. The van der Waals surface area contributed by atoms with E-state index in [2.05, 4.69) is 20.4 Å². The number of aryl methyl sites for hydroxylation is 1. The van der Waals surface area contributed by atoms with Crippen LogP contribution in [0.1, 0.15) is 11.3 Å². The first-order valence-corrected chi connectivity index (χ1v) is 11.1. The average Bonchev–Trinajstić information content (AvgIpc) is 3.31. The summed E-state index contributed by atoms with van der Waals surface area (Å²) in [6, 6.07) is 10.7. The molecule has 0 aliphatic heterocycles. The summed E-state index contributed by atoms with van der Waals surface area (Å²) in [5.41, 5.74) is 0.428. The Labute approximate surface area is 203 Å². The fourth-order valence-corrected chi connectivity index (χ4v) is 4.12. The van der Waals surface area contributed by atoms with Crippen LogP contribution in [0.3, 0.4) is 0 Å². The molecule has 0 aliphatic carbocycles. The molecule has 0 saturated heterocycles. The number of nitrogens with one attached hydrogen (secondary N) is 1. The maximum absolute atomic E-state index is 13.0. The number of carbonyl (C=O) groups excluding carboxylic acids is 1. The quantitative estimate of drug-likeness (QED) is 0.354. The number of carbonyl (C=O) groups is 1. The Kier molecular flexibility index (Phi) is 5.76. The summed E-state index contributed by atoms with van der Waals surface area (Å²) in [6.45, 7) is 0.120. The van der Waals surface area contributed by atoms with E-state index in [4.69, 9.17) is 0 Å². The van der Waals surface area contributed by atoms with Crippen LogP contribution in [-0.2, 0) is 38.5 Å². The van der Waals surface area contributed by atoms with Gasteiger partial charge in [-0.2, -0.15) is 5.10 Å². The van der Waals surface area contributed by atoms with Gasteiger partial charge in [0.2, 0.25) is 5.91 Å². The second-order valence-electron chi connectivity index (χ2n) is 8.34. The molecule has 1 N–H and O–H groups in total. The topological polar surface area (TPSA) is 139 Å². The second kappa shape index (κ2) is 9.06. The Bertz CT molecular complexity index is 1800. The number of benzene rings is 1. The van der Waals surface area contributed by atoms with Crippen molar-refractivity contribution < 1.29 is 4.79 Å². The van der Waals surface area contributed by atoms with Gasteiger partial charge in [-0.3, -0.25) is 28.5 Å². The maximum atomic E-state index is 13.0. The Balaban J connectivity index is 1.42. The van der Waals surface area contributed by atoms with Gasteiger partial charge in [-0.15, -0.1) is 0 Å². The molecule has 5 aromatic rings. The van der Waals surface area contributed by atoms with E-state index in [0.717, 1.165) is 10.1 Å². The van der Waals surface area contributed by atoms with Crippen molar-refractivity contribution in [2.24, 2.45) is 14.1 Å². The summed E-state index contributed by atoms with van der Waals surface area (Å²) in [6.07, 6.45) is 4.67. The minimum Gasteiger partial charge on any atom is -0.349 e. The van der Waals surface area contributed by atoms with E-state index in [9.17, 15) is 19.2 Å². The van der Waals surface area contributed by atoms with Crippen LogP contribution in [0.4, 0.5) is 0 Å². The standard InChI is InChI=1S/C24H22N8O4/c1-29-21-20(23(35)30(2)24(29)36)31(14-27-21)13-19(33)26-11-18-16-7-3-4-8-17(16)22(34)32(28-18)12-15-6-5-9-25-10-15/h3-10,14H,11-13H2,1-2H3,(H,26,33). The van der Waals surface area contributed by atoms with Gasteiger partial charge in [0.05, 0.1) is 30.5 Å². The molecule has 0 atom stereocenters. The number of rotatable bonds is 6. The van der Waals surface area contributed by atoms with Gasteiger partial charge in [-0.05, 0) is 17.7 Å². The van der Waals surface area contributed by atoms with Crippen LogP contribution in [-0.4, -0.2) is 39.4 Å². The number of fused-ring (bicyclic) bond motifs is 2. The molecular formula is C24H22N8O4. The Morgan fingerprint density at radius 2 is 1.75 bits per heavy atom. The van der Waals surface area contributed by atoms with Crippen LogP contribution < -0.4 is 22.1 Å². The molecular weight excluding hydrogens is 464 g/mol. The van der Waals surface area contributed by atoms with Gasteiger partial charge in [-0.1, -0.05) is 24.3 Å². The van der Waals surface area contributed by atoms with Gasteiger partial charge in [0.1, 0.15) is 6.54 Å². The van der Waals surface area contributed by atoms with Gasteiger partial charge in [0, 0.05) is 31.9 Å². The Morgan fingerprint density at radius 3 is 2.50 bits per heavy atom. The lowest BCUT2D eigenvalue weighted by atomic mass is 10.1. The minimum absolute atomic E-state index is 0.0653. The lowest BCUT2D eigenvalue weighted by molar-refractivity contribution is -0.121. The number of amides is 1. The predicted molar refractivity (Wildman–Crippen MR) is 131 cm³/mol. The first-order chi connectivity index (χ1) is 17.3. The third kappa shape index (κ3) is 3.98. The molecule has 5 rings (SSSR count). The molecule has 1 aromatic carbocycles. The molecule has 0 radical (unpaired) electrons. The molecule has 12 heteroatoms. The van der Waals surface area contributed by atoms with E-state index < -0.39 is 11.2 Å². The molecule has 12 nitrogen and oxygen atoms in total. The van der Waals surface area contributed by atoms with Crippen molar-refractivity contribution >= 4 is 27.8 Å². The van der Waals surface area contributed by atoms with Gasteiger partial charge in [-0.25, -0.2) is 14.5 Å².